The fourth-order valence-electron chi connectivity index (χ4n) is 2.16. The molecule has 0 heterocycles. The predicted octanol–water partition coefficient (Wildman–Crippen LogP) is 3.92. The fraction of sp³-hybridized carbons (Fsp3) is 0.562. The molecule has 0 bridgehead atoms. The van der Waals surface area contributed by atoms with Gasteiger partial charge in [-0.2, -0.15) is 0 Å². The first kappa shape index (κ1) is 16.5. The molecule has 4 heteroatoms. The number of amides is 1. The van der Waals surface area contributed by atoms with Crippen LogP contribution < -0.4 is 10.1 Å². The molecular formula is C16H24FNO2. The van der Waals surface area contributed by atoms with Crippen LogP contribution in [0.3, 0.4) is 0 Å². The van der Waals surface area contributed by atoms with E-state index in [1.165, 1.54) is 19.2 Å². The van der Waals surface area contributed by atoms with Crippen molar-refractivity contribution in [3.05, 3.63) is 29.6 Å². The molecule has 0 radical (unpaired) electrons. The SMILES string of the molecule is CCCCC(CCC)NC(=O)c1ccc(OC)cc1F. The highest BCUT2D eigenvalue weighted by molar-refractivity contribution is 5.94. The number of halogens is 1. The van der Waals surface area contributed by atoms with Gasteiger partial charge in [-0.15, -0.1) is 0 Å². The smallest absolute Gasteiger partial charge is 0.254 e. The zero-order chi connectivity index (χ0) is 15.0. The molecule has 0 fully saturated rings. The summed E-state index contributed by atoms with van der Waals surface area (Å²) in [4.78, 5) is 12.1. The van der Waals surface area contributed by atoms with Crippen molar-refractivity contribution in [3.63, 3.8) is 0 Å². The largest absolute Gasteiger partial charge is 0.497 e. The van der Waals surface area contributed by atoms with Gasteiger partial charge in [-0.25, -0.2) is 4.39 Å². The van der Waals surface area contributed by atoms with Crippen molar-refractivity contribution in [2.45, 2.75) is 52.0 Å². The van der Waals surface area contributed by atoms with Crippen LogP contribution in [-0.2, 0) is 0 Å². The summed E-state index contributed by atoms with van der Waals surface area (Å²) >= 11 is 0. The molecule has 112 valence electrons. The number of hydrogen-bond acceptors (Lipinski definition) is 2. The average molecular weight is 281 g/mol. The summed E-state index contributed by atoms with van der Waals surface area (Å²) in [6.45, 7) is 4.20. The molecule has 0 spiro atoms. The molecule has 1 rings (SSSR count). The summed E-state index contributed by atoms with van der Waals surface area (Å²) in [6, 6.07) is 4.41. The Morgan fingerprint density at radius 1 is 1.30 bits per heavy atom. The number of ether oxygens (including phenoxy) is 1. The highest BCUT2D eigenvalue weighted by Crippen LogP contribution is 2.17. The van der Waals surface area contributed by atoms with Gasteiger partial charge in [0.2, 0.25) is 0 Å². The third-order valence-corrected chi connectivity index (χ3v) is 3.30. The zero-order valence-corrected chi connectivity index (χ0v) is 12.5. The van der Waals surface area contributed by atoms with Gasteiger partial charge in [0.05, 0.1) is 12.7 Å². The van der Waals surface area contributed by atoms with Crippen LogP contribution in [0.5, 0.6) is 5.75 Å². The molecule has 1 N–H and O–H groups in total. The Hall–Kier alpha value is -1.58. The minimum atomic E-state index is -0.549. The molecule has 1 amide bonds. The Morgan fingerprint density at radius 2 is 2.05 bits per heavy atom. The lowest BCUT2D eigenvalue weighted by Gasteiger charge is -2.18. The van der Waals surface area contributed by atoms with Gasteiger partial charge in [-0.3, -0.25) is 4.79 Å². The van der Waals surface area contributed by atoms with Crippen LogP contribution >= 0.6 is 0 Å². The number of rotatable bonds is 8. The third-order valence-electron chi connectivity index (χ3n) is 3.30. The fourth-order valence-corrected chi connectivity index (χ4v) is 2.16. The van der Waals surface area contributed by atoms with Crippen molar-refractivity contribution in [1.29, 1.82) is 0 Å². The van der Waals surface area contributed by atoms with E-state index in [0.29, 0.717) is 5.75 Å². The molecule has 3 nitrogen and oxygen atoms in total. The number of methoxy groups -OCH3 is 1. The standard InChI is InChI=1S/C16H24FNO2/c1-4-6-8-12(7-5-2)18-16(19)14-10-9-13(20-3)11-15(14)17/h9-12H,4-8H2,1-3H3,(H,18,19). The highest BCUT2D eigenvalue weighted by Gasteiger charge is 2.16. The third kappa shape index (κ3) is 4.83. The van der Waals surface area contributed by atoms with Gasteiger partial charge in [0.1, 0.15) is 11.6 Å². The number of carbonyl (C=O) groups is 1. The van der Waals surface area contributed by atoms with Gasteiger partial charge in [0.25, 0.3) is 5.91 Å². The summed E-state index contributed by atoms with van der Waals surface area (Å²) in [5.74, 6) is -0.484. The Labute approximate surface area is 120 Å². The lowest BCUT2D eigenvalue weighted by Crippen LogP contribution is -2.35. The normalized spacial score (nSPS) is 12.0. The van der Waals surface area contributed by atoms with E-state index in [9.17, 15) is 9.18 Å². The number of carbonyl (C=O) groups excluding carboxylic acids is 1. The van der Waals surface area contributed by atoms with E-state index >= 15 is 0 Å². The first-order valence-corrected chi connectivity index (χ1v) is 7.26. The summed E-state index contributed by atoms with van der Waals surface area (Å²) in [5.41, 5.74) is 0.0726. The number of benzene rings is 1. The van der Waals surface area contributed by atoms with Crippen molar-refractivity contribution < 1.29 is 13.9 Å². The minimum absolute atomic E-state index is 0.0726. The molecule has 0 aliphatic heterocycles. The van der Waals surface area contributed by atoms with Gasteiger partial charge in [0, 0.05) is 12.1 Å². The topological polar surface area (TPSA) is 38.3 Å². The van der Waals surface area contributed by atoms with Crippen molar-refractivity contribution >= 4 is 5.91 Å². The van der Waals surface area contributed by atoms with E-state index in [2.05, 4.69) is 19.2 Å². The molecule has 0 saturated heterocycles. The number of nitrogens with one attached hydrogen (secondary N) is 1. The van der Waals surface area contributed by atoms with Gasteiger partial charge < -0.3 is 10.1 Å². The van der Waals surface area contributed by atoms with E-state index < -0.39 is 5.82 Å². The lowest BCUT2D eigenvalue weighted by atomic mass is 10.0. The van der Waals surface area contributed by atoms with E-state index in [1.807, 2.05) is 0 Å². The van der Waals surface area contributed by atoms with Crippen molar-refractivity contribution in [3.8, 4) is 5.75 Å². The Morgan fingerprint density at radius 3 is 2.60 bits per heavy atom. The van der Waals surface area contributed by atoms with Gasteiger partial charge in [-0.05, 0) is 25.0 Å². The molecular weight excluding hydrogens is 257 g/mol. The van der Waals surface area contributed by atoms with Crippen LogP contribution in [0.25, 0.3) is 0 Å². The monoisotopic (exact) mass is 281 g/mol. The lowest BCUT2D eigenvalue weighted by molar-refractivity contribution is 0.0928. The Kier molecular flexibility index (Phi) is 7.05. The summed E-state index contributed by atoms with van der Waals surface area (Å²) in [7, 11) is 1.47. The first-order valence-electron chi connectivity index (χ1n) is 7.26. The summed E-state index contributed by atoms with van der Waals surface area (Å²) in [5, 5.41) is 2.93. The maximum absolute atomic E-state index is 13.8. The second kappa shape index (κ2) is 8.56. The molecule has 0 saturated carbocycles. The average Bonchev–Trinajstić information content (AvgIpc) is 2.44. The summed E-state index contributed by atoms with van der Waals surface area (Å²) < 4.78 is 18.8. The van der Waals surface area contributed by atoms with E-state index in [-0.39, 0.29) is 17.5 Å². The minimum Gasteiger partial charge on any atom is -0.497 e. The molecule has 1 unspecified atom stereocenters. The Bertz CT molecular complexity index is 434. The molecule has 0 aliphatic rings. The van der Waals surface area contributed by atoms with Gasteiger partial charge in [-0.1, -0.05) is 33.1 Å². The van der Waals surface area contributed by atoms with Crippen LogP contribution in [0.15, 0.2) is 18.2 Å². The molecule has 0 aliphatic carbocycles. The molecule has 20 heavy (non-hydrogen) atoms. The van der Waals surface area contributed by atoms with Crippen LogP contribution in [0, 0.1) is 5.82 Å². The van der Waals surface area contributed by atoms with Crippen LogP contribution in [0.1, 0.15) is 56.3 Å². The van der Waals surface area contributed by atoms with Crippen LogP contribution in [-0.4, -0.2) is 19.1 Å². The maximum atomic E-state index is 13.8. The second-order valence-electron chi connectivity index (χ2n) is 4.95. The summed E-state index contributed by atoms with van der Waals surface area (Å²) in [6.07, 6.45) is 5.01. The van der Waals surface area contributed by atoms with E-state index in [0.717, 1.165) is 32.1 Å². The van der Waals surface area contributed by atoms with Gasteiger partial charge in [0.15, 0.2) is 0 Å². The van der Waals surface area contributed by atoms with E-state index in [1.54, 1.807) is 6.07 Å². The zero-order valence-electron chi connectivity index (χ0n) is 12.5. The number of hydrogen-bond donors (Lipinski definition) is 1. The van der Waals surface area contributed by atoms with Gasteiger partial charge >= 0.3 is 0 Å². The van der Waals surface area contributed by atoms with Crippen LogP contribution in [0.4, 0.5) is 4.39 Å². The quantitative estimate of drug-likeness (QED) is 0.784. The van der Waals surface area contributed by atoms with E-state index in [4.69, 9.17) is 4.74 Å². The Balaban J connectivity index is 2.72. The molecule has 0 aromatic heterocycles. The molecule has 1 aromatic rings. The molecule has 1 aromatic carbocycles. The van der Waals surface area contributed by atoms with Crippen molar-refractivity contribution in [2.75, 3.05) is 7.11 Å². The number of unbranched alkanes of at least 4 members (excludes halogenated alkanes) is 1. The maximum Gasteiger partial charge on any atom is 0.254 e. The van der Waals surface area contributed by atoms with Crippen LogP contribution in [0.2, 0.25) is 0 Å². The predicted molar refractivity (Wildman–Crippen MR) is 78.6 cm³/mol. The first-order chi connectivity index (χ1) is 9.62. The van der Waals surface area contributed by atoms with Crippen molar-refractivity contribution in [1.82, 2.24) is 5.32 Å². The second-order valence-corrected chi connectivity index (χ2v) is 4.95. The van der Waals surface area contributed by atoms with Crippen molar-refractivity contribution in [2.24, 2.45) is 0 Å². The molecule has 1 atom stereocenters. The highest BCUT2D eigenvalue weighted by atomic mass is 19.1.